The first-order chi connectivity index (χ1) is 9.75. The Labute approximate surface area is 122 Å². The van der Waals surface area contributed by atoms with Crippen LogP contribution in [-0.2, 0) is 9.53 Å². The van der Waals surface area contributed by atoms with E-state index in [9.17, 15) is 4.79 Å². The fourth-order valence-electron chi connectivity index (χ4n) is 4.13. The monoisotopic (exact) mass is 280 g/mol. The predicted molar refractivity (Wildman–Crippen MR) is 78.3 cm³/mol. The molecule has 0 aromatic carbocycles. The van der Waals surface area contributed by atoms with Crippen molar-refractivity contribution in [2.45, 2.75) is 82.5 Å². The Morgan fingerprint density at radius 1 is 1.30 bits per heavy atom. The summed E-state index contributed by atoms with van der Waals surface area (Å²) >= 11 is 0. The molecule has 3 fully saturated rings. The molecule has 3 rings (SSSR count). The molecule has 1 N–H and O–H groups in total. The standard InChI is InChI=1S/C16H28N2O2/c1-2-6-14-17-16(9-3-4-10-16)15(19)18(14)11-8-13-7-5-12-20-13/h13-14,17H,2-12H2,1H3. The van der Waals surface area contributed by atoms with Crippen molar-refractivity contribution < 1.29 is 9.53 Å². The average Bonchev–Trinajstić information content (AvgIpc) is 3.14. The molecule has 3 aliphatic rings. The number of nitrogens with zero attached hydrogens (tertiary/aromatic N) is 1. The van der Waals surface area contributed by atoms with E-state index in [0.717, 1.165) is 45.3 Å². The van der Waals surface area contributed by atoms with Crippen molar-refractivity contribution >= 4 is 5.91 Å². The van der Waals surface area contributed by atoms with Gasteiger partial charge in [-0.1, -0.05) is 26.2 Å². The van der Waals surface area contributed by atoms with Gasteiger partial charge in [0.15, 0.2) is 0 Å². The Morgan fingerprint density at radius 2 is 2.10 bits per heavy atom. The molecule has 2 heterocycles. The topological polar surface area (TPSA) is 41.6 Å². The van der Waals surface area contributed by atoms with Gasteiger partial charge in [0.1, 0.15) is 0 Å². The highest BCUT2D eigenvalue weighted by Crippen LogP contribution is 2.37. The third kappa shape index (κ3) is 2.60. The Hall–Kier alpha value is -0.610. The summed E-state index contributed by atoms with van der Waals surface area (Å²) in [7, 11) is 0. The van der Waals surface area contributed by atoms with E-state index in [-0.39, 0.29) is 11.7 Å². The molecule has 1 saturated carbocycles. The molecule has 1 spiro atoms. The summed E-state index contributed by atoms with van der Waals surface area (Å²) in [5, 5.41) is 3.68. The van der Waals surface area contributed by atoms with Crippen LogP contribution in [-0.4, -0.2) is 41.8 Å². The predicted octanol–water partition coefficient (Wildman–Crippen LogP) is 2.43. The van der Waals surface area contributed by atoms with Gasteiger partial charge in [-0.05, 0) is 38.5 Å². The molecule has 0 bridgehead atoms. The Bertz CT molecular complexity index is 346. The molecule has 2 atom stereocenters. The highest BCUT2D eigenvalue weighted by Gasteiger charge is 2.51. The minimum atomic E-state index is -0.212. The van der Waals surface area contributed by atoms with Gasteiger partial charge in [0.2, 0.25) is 5.91 Å². The molecule has 0 radical (unpaired) electrons. The first-order valence-electron chi connectivity index (χ1n) is 8.45. The maximum atomic E-state index is 12.8. The third-order valence-electron chi connectivity index (χ3n) is 5.22. The van der Waals surface area contributed by atoms with Crippen molar-refractivity contribution in [2.75, 3.05) is 13.2 Å². The molecular weight excluding hydrogens is 252 g/mol. The summed E-state index contributed by atoms with van der Waals surface area (Å²) in [6, 6.07) is 0. The van der Waals surface area contributed by atoms with Crippen molar-refractivity contribution in [3.8, 4) is 0 Å². The zero-order valence-corrected chi connectivity index (χ0v) is 12.7. The van der Waals surface area contributed by atoms with Crippen LogP contribution in [0.3, 0.4) is 0 Å². The van der Waals surface area contributed by atoms with Crippen molar-refractivity contribution in [3.63, 3.8) is 0 Å². The van der Waals surface area contributed by atoms with Crippen LogP contribution in [0.2, 0.25) is 0 Å². The van der Waals surface area contributed by atoms with E-state index in [0.29, 0.717) is 12.0 Å². The lowest BCUT2D eigenvalue weighted by molar-refractivity contribution is -0.133. The molecular formula is C16H28N2O2. The molecule has 114 valence electrons. The maximum Gasteiger partial charge on any atom is 0.244 e. The van der Waals surface area contributed by atoms with Gasteiger partial charge in [-0.25, -0.2) is 0 Å². The molecule has 1 amide bonds. The minimum Gasteiger partial charge on any atom is -0.378 e. The number of rotatable bonds is 5. The van der Waals surface area contributed by atoms with Gasteiger partial charge >= 0.3 is 0 Å². The van der Waals surface area contributed by atoms with Gasteiger partial charge in [0, 0.05) is 13.2 Å². The second-order valence-corrected chi connectivity index (χ2v) is 6.66. The molecule has 2 aliphatic heterocycles. The van der Waals surface area contributed by atoms with E-state index < -0.39 is 0 Å². The molecule has 4 heteroatoms. The van der Waals surface area contributed by atoms with Gasteiger partial charge < -0.3 is 9.64 Å². The van der Waals surface area contributed by atoms with E-state index in [2.05, 4.69) is 17.1 Å². The summed E-state index contributed by atoms with van der Waals surface area (Å²) in [6.45, 7) is 3.96. The molecule has 20 heavy (non-hydrogen) atoms. The smallest absolute Gasteiger partial charge is 0.244 e. The van der Waals surface area contributed by atoms with Gasteiger partial charge in [-0.3, -0.25) is 10.1 Å². The third-order valence-corrected chi connectivity index (χ3v) is 5.22. The van der Waals surface area contributed by atoms with Crippen LogP contribution in [0.5, 0.6) is 0 Å². The number of nitrogens with one attached hydrogen (secondary N) is 1. The van der Waals surface area contributed by atoms with E-state index >= 15 is 0 Å². The van der Waals surface area contributed by atoms with Crippen LogP contribution < -0.4 is 5.32 Å². The van der Waals surface area contributed by atoms with E-state index in [1.165, 1.54) is 25.7 Å². The second-order valence-electron chi connectivity index (χ2n) is 6.66. The first-order valence-corrected chi connectivity index (χ1v) is 8.45. The van der Waals surface area contributed by atoms with Gasteiger partial charge in [0.05, 0.1) is 17.8 Å². The fourth-order valence-corrected chi connectivity index (χ4v) is 4.13. The maximum absolute atomic E-state index is 12.8. The van der Waals surface area contributed by atoms with Crippen molar-refractivity contribution in [1.29, 1.82) is 0 Å². The number of ether oxygens (including phenoxy) is 1. The van der Waals surface area contributed by atoms with E-state index in [4.69, 9.17) is 4.74 Å². The van der Waals surface area contributed by atoms with E-state index in [1.54, 1.807) is 0 Å². The summed E-state index contributed by atoms with van der Waals surface area (Å²) in [5.74, 6) is 0.367. The molecule has 0 aromatic rings. The van der Waals surface area contributed by atoms with Gasteiger partial charge in [-0.15, -0.1) is 0 Å². The lowest BCUT2D eigenvalue weighted by atomic mass is 9.98. The zero-order chi connectivity index (χ0) is 14.0. The van der Waals surface area contributed by atoms with Crippen LogP contribution in [0.25, 0.3) is 0 Å². The summed E-state index contributed by atoms with van der Waals surface area (Å²) in [5.41, 5.74) is -0.212. The molecule has 0 aromatic heterocycles. The van der Waals surface area contributed by atoms with Crippen LogP contribution in [0, 0.1) is 0 Å². The number of carbonyl (C=O) groups is 1. The van der Waals surface area contributed by atoms with Crippen molar-refractivity contribution in [1.82, 2.24) is 10.2 Å². The Morgan fingerprint density at radius 3 is 2.75 bits per heavy atom. The largest absolute Gasteiger partial charge is 0.378 e. The minimum absolute atomic E-state index is 0.212. The highest BCUT2D eigenvalue weighted by molar-refractivity contribution is 5.89. The molecule has 1 aliphatic carbocycles. The summed E-state index contributed by atoms with van der Waals surface area (Å²) in [4.78, 5) is 15.0. The number of amides is 1. The number of hydrogen-bond donors (Lipinski definition) is 1. The van der Waals surface area contributed by atoms with Gasteiger partial charge in [-0.2, -0.15) is 0 Å². The Kier molecular flexibility index (Phi) is 4.32. The number of carbonyl (C=O) groups excluding carboxylic acids is 1. The van der Waals surface area contributed by atoms with Crippen molar-refractivity contribution in [3.05, 3.63) is 0 Å². The van der Waals surface area contributed by atoms with Gasteiger partial charge in [0.25, 0.3) is 0 Å². The summed E-state index contributed by atoms with van der Waals surface area (Å²) in [6.07, 6.45) is 10.6. The van der Waals surface area contributed by atoms with Crippen LogP contribution >= 0.6 is 0 Å². The zero-order valence-electron chi connectivity index (χ0n) is 12.7. The lowest BCUT2D eigenvalue weighted by Crippen LogP contribution is -2.44. The van der Waals surface area contributed by atoms with Crippen LogP contribution in [0.15, 0.2) is 0 Å². The van der Waals surface area contributed by atoms with E-state index in [1.807, 2.05) is 0 Å². The average molecular weight is 280 g/mol. The first kappa shape index (κ1) is 14.3. The SMILES string of the molecule is CCCC1NC2(CCCC2)C(=O)N1CCC1CCCO1. The summed E-state index contributed by atoms with van der Waals surface area (Å²) < 4.78 is 5.70. The quantitative estimate of drug-likeness (QED) is 0.841. The number of hydrogen-bond acceptors (Lipinski definition) is 3. The Balaban J connectivity index is 1.64. The fraction of sp³-hybridized carbons (Fsp3) is 0.938. The molecule has 2 saturated heterocycles. The van der Waals surface area contributed by atoms with Crippen LogP contribution in [0.1, 0.15) is 64.7 Å². The normalized spacial score (nSPS) is 32.6. The second kappa shape index (κ2) is 6.02. The molecule has 4 nitrogen and oxygen atoms in total. The lowest BCUT2D eigenvalue weighted by Gasteiger charge is -2.25. The van der Waals surface area contributed by atoms with Crippen LogP contribution in [0.4, 0.5) is 0 Å². The molecule has 2 unspecified atom stereocenters. The van der Waals surface area contributed by atoms with Crippen molar-refractivity contribution in [2.24, 2.45) is 0 Å². The highest BCUT2D eigenvalue weighted by atomic mass is 16.5.